The topological polar surface area (TPSA) is 36.1 Å². The molecule has 9 heteroatoms. The fourth-order valence-electron chi connectivity index (χ4n) is 1.93. The first-order valence-corrected chi connectivity index (χ1v) is 6.43. The van der Waals surface area contributed by atoms with Crippen molar-refractivity contribution in [3.63, 3.8) is 0 Å². The number of alkyl halides is 6. The lowest BCUT2D eigenvalue weighted by Gasteiger charge is -2.21. The van der Waals surface area contributed by atoms with E-state index in [-0.39, 0.29) is 11.3 Å². The van der Waals surface area contributed by atoms with E-state index in [9.17, 15) is 26.3 Å². The SMILES string of the molecule is N#C[C@H]1C(=S)N=C(c2ccc(C(F)(F)F)cc2)C=C1C(F)(F)F. The summed E-state index contributed by atoms with van der Waals surface area (Å²) in [6.07, 6.45) is -8.72. The lowest BCUT2D eigenvalue weighted by atomic mass is 9.93. The van der Waals surface area contributed by atoms with Gasteiger partial charge in [-0.3, -0.25) is 0 Å². The molecule has 0 bridgehead atoms. The van der Waals surface area contributed by atoms with Gasteiger partial charge in [0.25, 0.3) is 0 Å². The third-order valence-electron chi connectivity index (χ3n) is 3.05. The number of allylic oxidation sites excluding steroid dienone is 1. The molecule has 0 saturated heterocycles. The van der Waals surface area contributed by atoms with Crippen LogP contribution >= 0.6 is 12.2 Å². The highest BCUT2D eigenvalue weighted by Crippen LogP contribution is 2.35. The number of hydrogen-bond acceptors (Lipinski definition) is 2. The number of nitrogens with zero attached hydrogens (tertiary/aromatic N) is 2. The molecule has 0 fully saturated rings. The van der Waals surface area contributed by atoms with Crippen LogP contribution in [0.3, 0.4) is 0 Å². The molecule has 0 N–H and O–H groups in total. The summed E-state index contributed by atoms with van der Waals surface area (Å²) in [5.41, 5.74) is -2.31. The van der Waals surface area contributed by atoms with Crippen LogP contribution < -0.4 is 0 Å². The number of thiocarbonyl (C=S) groups is 1. The van der Waals surface area contributed by atoms with Crippen molar-refractivity contribution in [1.82, 2.24) is 0 Å². The Morgan fingerprint density at radius 3 is 2.00 bits per heavy atom. The molecule has 1 aromatic rings. The largest absolute Gasteiger partial charge is 0.416 e. The summed E-state index contributed by atoms with van der Waals surface area (Å²) in [7, 11) is 0. The van der Waals surface area contributed by atoms with Crippen molar-refractivity contribution in [1.29, 1.82) is 5.26 Å². The van der Waals surface area contributed by atoms with Crippen molar-refractivity contribution in [2.45, 2.75) is 12.4 Å². The van der Waals surface area contributed by atoms with Crippen LogP contribution in [0.4, 0.5) is 26.3 Å². The maximum atomic E-state index is 13.0. The third kappa shape index (κ3) is 3.59. The van der Waals surface area contributed by atoms with Crippen molar-refractivity contribution < 1.29 is 26.3 Å². The molecule has 1 aliphatic heterocycles. The zero-order valence-electron chi connectivity index (χ0n) is 11.0. The highest BCUT2D eigenvalue weighted by atomic mass is 32.1. The summed E-state index contributed by atoms with van der Waals surface area (Å²) in [5, 5.41) is 8.81. The number of rotatable bonds is 1. The average Bonchev–Trinajstić information content (AvgIpc) is 2.44. The van der Waals surface area contributed by atoms with Crippen LogP contribution in [-0.2, 0) is 6.18 Å². The van der Waals surface area contributed by atoms with E-state index in [1.165, 1.54) is 6.07 Å². The van der Waals surface area contributed by atoms with Crippen molar-refractivity contribution >= 4 is 22.9 Å². The zero-order chi connectivity index (χ0) is 17.4. The molecule has 0 amide bonds. The average molecular weight is 348 g/mol. The fraction of sp³-hybridized carbons (Fsp3) is 0.214. The monoisotopic (exact) mass is 348 g/mol. The Labute approximate surface area is 131 Å². The quantitative estimate of drug-likeness (QED) is 0.555. The molecule has 0 spiro atoms. The number of nitriles is 1. The summed E-state index contributed by atoms with van der Waals surface area (Å²) in [5.74, 6) is -1.71. The van der Waals surface area contributed by atoms with E-state index in [0.29, 0.717) is 6.08 Å². The molecule has 0 aliphatic carbocycles. The molecular formula is C14H6F6N2S. The number of benzene rings is 1. The van der Waals surface area contributed by atoms with Crippen molar-refractivity contribution in [3.05, 3.63) is 47.0 Å². The molecule has 1 aromatic carbocycles. The van der Waals surface area contributed by atoms with Crippen LogP contribution in [-0.4, -0.2) is 16.9 Å². The molecule has 1 heterocycles. The molecule has 0 radical (unpaired) electrons. The van der Waals surface area contributed by atoms with E-state index in [4.69, 9.17) is 17.5 Å². The summed E-state index contributed by atoms with van der Waals surface area (Å²) >= 11 is 4.70. The van der Waals surface area contributed by atoms with Crippen LogP contribution in [0.5, 0.6) is 0 Å². The minimum atomic E-state index is -4.79. The molecule has 1 atom stereocenters. The van der Waals surface area contributed by atoms with Gasteiger partial charge >= 0.3 is 12.4 Å². The van der Waals surface area contributed by atoms with Crippen LogP contribution in [0.25, 0.3) is 0 Å². The number of dihydropyridines is 1. The second-order valence-electron chi connectivity index (χ2n) is 4.57. The van der Waals surface area contributed by atoms with E-state index in [2.05, 4.69) is 4.99 Å². The first kappa shape index (κ1) is 17.1. The first-order chi connectivity index (χ1) is 10.5. The lowest BCUT2D eigenvalue weighted by Crippen LogP contribution is -2.28. The molecule has 120 valence electrons. The fourth-order valence-corrected chi connectivity index (χ4v) is 2.21. The second-order valence-corrected chi connectivity index (χ2v) is 4.99. The van der Waals surface area contributed by atoms with E-state index in [1.807, 2.05) is 0 Å². The van der Waals surface area contributed by atoms with Gasteiger partial charge in [-0.1, -0.05) is 24.4 Å². The molecule has 0 saturated carbocycles. The highest BCUT2D eigenvalue weighted by Gasteiger charge is 2.42. The van der Waals surface area contributed by atoms with Crippen LogP contribution in [0.1, 0.15) is 11.1 Å². The normalized spacial score (nSPS) is 19.0. The summed E-state index contributed by atoms with van der Waals surface area (Å²) in [4.78, 5) is 3.25. The van der Waals surface area contributed by atoms with Gasteiger partial charge in [-0.25, -0.2) is 4.99 Å². The molecule has 2 nitrogen and oxygen atoms in total. The van der Waals surface area contributed by atoms with Crippen LogP contribution in [0.2, 0.25) is 0 Å². The zero-order valence-corrected chi connectivity index (χ0v) is 11.9. The Hall–Kier alpha value is -2.21. The molecule has 2 rings (SSSR count). The third-order valence-corrected chi connectivity index (χ3v) is 3.37. The van der Waals surface area contributed by atoms with Gasteiger partial charge in [0.1, 0.15) is 10.9 Å². The Morgan fingerprint density at radius 1 is 1.00 bits per heavy atom. The van der Waals surface area contributed by atoms with Gasteiger partial charge in [0, 0.05) is 5.56 Å². The van der Waals surface area contributed by atoms with Crippen molar-refractivity contribution in [3.8, 4) is 6.07 Å². The van der Waals surface area contributed by atoms with Gasteiger partial charge in [-0.05, 0) is 18.2 Å². The Kier molecular flexibility index (Phi) is 4.30. The molecule has 0 aromatic heterocycles. The van der Waals surface area contributed by atoms with E-state index in [1.54, 1.807) is 0 Å². The minimum Gasteiger partial charge on any atom is -0.239 e. The van der Waals surface area contributed by atoms with Crippen LogP contribution in [0, 0.1) is 17.2 Å². The van der Waals surface area contributed by atoms with Gasteiger partial charge in [0.2, 0.25) is 0 Å². The summed E-state index contributed by atoms with van der Waals surface area (Å²) in [6, 6.07) is 4.90. The smallest absolute Gasteiger partial charge is 0.239 e. The van der Waals surface area contributed by atoms with Gasteiger partial charge < -0.3 is 0 Å². The van der Waals surface area contributed by atoms with Gasteiger partial charge in [0.05, 0.1) is 22.9 Å². The molecule has 23 heavy (non-hydrogen) atoms. The maximum Gasteiger partial charge on any atom is 0.416 e. The van der Waals surface area contributed by atoms with Gasteiger partial charge in [-0.15, -0.1) is 0 Å². The lowest BCUT2D eigenvalue weighted by molar-refractivity contribution is -0.137. The highest BCUT2D eigenvalue weighted by molar-refractivity contribution is 7.80. The Balaban J connectivity index is 2.46. The minimum absolute atomic E-state index is 0.0403. The summed E-state index contributed by atoms with van der Waals surface area (Å²) < 4.78 is 76.4. The predicted molar refractivity (Wildman–Crippen MR) is 73.8 cm³/mol. The Morgan fingerprint density at radius 2 is 1.57 bits per heavy atom. The van der Waals surface area contributed by atoms with Crippen LogP contribution in [0.15, 0.2) is 40.9 Å². The second kappa shape index (κ2) is 5.77. The maximum absolute atomic E-state index is 13.0. The number of halogens is 6. The molecule has 1 aliphatic rings. The first-order valence-electron chi connectivity index (χ1n) is 6.02. The molecule has 0 unspecified atom stereocenters. The number of hydrogen-bond donors (Lipinski definition) is 0. The number of aliphatic imine (C=N–C) groups is 1. The predicted octanol–water partition coefficient (Wildman–Crippen LogP) is 4.46. The summed E-state index contributed by atoms with van der Waals surface area (Å²) in [6.45, 7) is 0. The Bertz CT molecular complexity index is 735. The standard InChI is InChI=1S/C14H6F6N2S/c15-13(16,17)8-3-1-7(2-4-8)11-5-10(14(18,19)20)9(6-21)12(23)22-11/h1-5,9H/t9-/m1/s1. The van der Waals surface area contributed by atoms with Gasteiger partial charge in [-0.2, -0.15) is 31.6 Å². The van der Waals surface area contributed by atoms with E-state index in [0.717, 1.165) is 24.3 Å². The van der Waals surface area contributed by atoms with E-state index >= 15 is 0 Å². The van der Waals surface area contributed by atoms with E-state index < -0.39 is 34.4 Å². The van der Waals surface area contributed by atoms with Gasteiger partial charge in [0.15, 0.2) is 0 Å². The van der Waals surface area contributed by atoms with Crippen molar-refractivity contribution in [2.24, 2.45) is 10.9 Å². The van der Waals surface area contributed by atoms with Crippen molar-refractivity contribution in [2.75, 3.05) is 0 Å². The molecular weight excluding hydrogens is 342 g/mol.